The summed E-state index contributed by atoms with van der Waals surface area (Å²) in [5, 5.41) is 0. The van der Waals surface area contributed by atoms with E-state index >= 15 is 0 Å². The van der Waals surface area contributed by atoms with Gasteiger partial charge in [-0.3, -0.25) is 4.79 Å². The summed E-state index contributed by atoms with van der Waals surface area (Å²) >= 11 is 0. The predicted molar refractivity (Wildman–Crippen MR) is 117 cm³/mol. The monoisotopic (exact) mass is 448 g/mol. The Hall–Kier alpha value is -2.45. The number of rotatable bonds is 7. The van der Waals surface area contributed by atoms with Crippen molar-refractivity contribution in [2.75, 3.05) is 26.2 Å². The van der Waals surface area contributed by atoms with Crippen molar-refractivity contribution in [2.24, 2.45) is 5.92 Å². The zero-order chi connectivity index (χ0) is 22.6. The quantitative estimate of drug-likeness (QED) is 0.701. The summed E-state index contributed by atoms with van der Waals surface area (Å²) in [6, 6.07) is 9.20. The predicted octanol–water partition coefficient (Wildman–Crippen LogP) is 3.67. The minimum absolute atomic E-state index is 0.0721. The largest absolute Gasteiger partial charge is 0.493 e. The molecule has 1 N–H and O–H groups in total. The van der Waals surface area contributed by atoms with Crippen molar-refractivity contribution in [3.8, 4) is 5.75 Å². The lowest BCUT2D eigenvalue weighted by Gasteiger charge is -2.32. The van der Waals surface area contributed by atoms with Gasteiger partial charge in [-0.05, 0) is 74.9 Å². The maximum atomic E-state index is 13.9. The zero-order valence-electron chi connectivity index (χ0n) is 18.2. The van der Waals surface area contributed by atoms with Crippen LogP contribution in [0.3, 0.4) is 0 Å². The molecule has 0 saturated carbocycles. The van der Waals surface area contributed by atoms with Crippen LogP contribution in [-0.4, -0.2) is 45.5 Å². The number of carbonyl (C=O) groups is 1. The second kappa shape index (κ2) is 9.78. The van der Waals surface area contributed by atoms with Gasteiger partial charge in [0.1, 0.15) is 11.6 Å². The summed E-state index contributed by atoms with van der Waals surface area (Å²) in [7, 11) is -3.65. The van der Waals surface area contributed by atoms with Gasteiger partial charge < -0.3 is 9.64 Å². The molecule has 1 amide bonds. The number of ether oxygens (including phenoxy) is 1. The molecule has 3 rings (SSSR count). The van der Waals surface area contributed by atoms with Crippen molar-refractivity contribution in [1.82, 2.24) is 9.62 Å². The molecule has 1 fully saturated rings. The average molecular weight is 449 g/mol. The summed E-state index contributed by atoms with van der Waals surface area (Å²) in [5.74, 6) is -0.0153. The fourth-order valence-corrected chi connectivity index (χ4v) is 5.18. The molecular weight excluding hydrogens is 419 g/mol. The number of nitrogens with zero attached hydrogens (tertiary/aromatic N) is 1. The molecule has 0 aromatic heterocycles. The summed E-state index contributed by atoms with van der Waals surface area (Å²) < 4.78 is 47.7. The van der Waals surface area contributed by atoms with Crippen LogP contribution in [0.25, 0.3) is 0 Å². The Morgan fingerprint density at radius 1 is 1.16 bits per heavy atom. The first-order valence-corrected chi connectivity index (χ1v) is 12.0. The Kier molecular flexibility index (Phi) is 7.33. The maximum Gasteiger partial charge on any atom is 0.256 e. The second-order valence-electron chi connectivity index (χ2n) is 7.89. The molecule has 0 aliphatic carbocycles. The fourth-order valence-electron chi connectivity index (χ4n) is 3.89. The summed E-state index contributed by atoms with van der Waals surface area (Å²) in [5.41, 5.74) is 1.63. The number of halogens is 1. The van der Waals surface area contributed by atoms with Crippen molar-refractivity contribution in [2.45, 2.75) is 38.5 Å². The van der Waals surface area contributed by atoms with Crippen LogP contribution in [0.1, 0.15) is 41.3 Å². The number of aryl methyl sites for hydroxylation is 2. The van der Waals surface area contributed by atoms with E-state index in [0.29, 0.717) is 44.8 Å². The Morgan fingerprint density at radius 3 is 2.35 bits per heavy atom. The molecule has 0 bridgehead atoms. The number of carbonyl (C=O) groups excluding carboxylic acids is 1. The summed E-state index contributed by atoms with van der Waals surface area (Å²) in [4.78, 5) is 14.4. The molecular formula is C23H29FN2O4S. The van der Waals surface area contributed by atoms with Gasteiger partial charge in [0.25, 0.3) is 5.91 Å². The van der Waals surface area contributed by atoms with Gasteiger partial charge in [-0.25, -0.2) is 17.5 Å². The highest BCUT2D eigenvalue weighted by atomic mass is 32.2. The third-order valence-electron chi connectivity index (χ3n) is 5.60. The van der Waals surface area contributed by atoms with E-state index in [9.17, 15) is 17.6 Å². The highest BCUT2D eigenvalue weighted by Gasteiger charge is 2.26. The lowest BCUT2D eigenvalue weighted by atomic mass is 9.96. The number of hydrogen-bond donors (Lipinski definition) is 1. The topological polar surface area (TPSA) is 75.7 Å². The maximum absolute atomic E-state index is 13.9. The Labute approximate surface area is 183 Å². The molecule has 1 aliphatic heterocycles. The van der Waals surface area contributed by atoms with E-state index in [2.05, 4.69) is 4.72 Å². The Bertz CT molecular complexity index is 1020. The molecule has 2 aromatic rings. The number of benzene rings is 2. The lowest BCUT2D eigenvalue weighted by molar-refractivity contribution is 0.0687. The van der Waals surface area contributed by atoms with Gasteiger partial charge in [0.15, 0.2) is 0 Å². The minimum atomic E-state index is -3.65. The van der Waals surface area contributed by atoms with Crippen molar-refractivity contribution in [1.29, 1.82) is 0 Å². The third-order valence-corrected chi connectivity index (χ3v) is 7.00. The van der Waals surface area contributed by atoms with E-state index in [-0.39, 0.29) is 22.3 Å². The molecule has 0 spiro atoms. The smallest absolute Gasteiger partial charge is 0.256 e. The van der Waals surface area contributed by atoms with Crippen molar-refractivity contribution in [3.05, 3.63) is 58.9 Å². The number of amides is 1. The van der Waals surface area contributed by atoms with E-state index in [0.717, 1.165) is 11.1 Å². The molecule has 0 atom stereocenters. The van der Waals surface area contributed by atoms with E-state index < -0.39 is 15.8 Å². The zero-order valence-corrected chi connectivity index (χ0v) is 19.0. The number of piperidine rings is 1. The molecule has 6 nitrogen and oxygen atoms in total. The third kappa shape index (κ3) is 5.43. The van der Waals surface area contributed by atoms with Gasteiger partial charge in [0.05, 0.1) is 17.1 Å². The molecule has 1 aliphatic rings. The molecule has 31 heavy (non-hydrogen) atoms. The molecule has 1 heterocycles. The molecule has 2 aromatic carbocycles. The lowest BCUT2D eigenvalue weighted by Crippen LogP contribution is -2.41. The number of hydrogen-bond acceptors (Lipinski definition) is 4. The first-order valence-electron chi connectivity index (χ1n) is 10.5. The molecule has 8 heteroatoms. The van der Waals surface area contributed by atoms with Crippen LogP contribution in [0, 0.1) is 25.6 Å². The minimum Gasteiger partial charge on any atom is -0.493 e. The van der Waals surface area contributed by atoms with Gasteiger partial charge in [0.2, 0.25) is 10.0 Å². The first kappa shape index (κ1) is 23.2. The van der Waals surface area contributed by atoms with Crippen LogP contribution in [0.2, 0.25) is 0 Å². The highest BCUT2D eigenvalue weighted by Crippen LogP contribution is 2.27. The van der Waals surface area contributed by atoms with Crippen LogP contribution in [0.5, 0.6) is 5.75 Å². The van der Waals surface area contributed by atoms with Gasteiger partial charge in [0, 0.05) is 19.6 Å². The van der Waals surface area contributed by atoms with Crippen molar-refractivity contribution >= 4 is 15.9 Å². The van der Waals surface area contributed by atoms with Crippen molar-refractivity contribution in [3.63, 3.8) is 0 Å². The van der Waals surface area contributed by atoms with Gasteiger partial charge in [-0.1, -0.05) is 12.1 Å². The van der Waals surface area contributed by atoms with E-state index in [4.69, 9.17) is 4.74 Å². The fraction of sp³-hybridized carbons (Fsp3) is 0.435. The van der Waals surface area contributed by atoms with Crippen molar-refractivity contribution < 1.29 is 22.3 Å². The van der Waals surface area contributed by atoms with Gasteiger partial charge >= 0.3 is 0 Å². The van der Waals surface area contributed by atoms with Crippen LogP contribution >= 0.6 is 0 Å². The number of nitrogens with one attached hydrogen (secondary N) is 1. The van der Waals surface area contributed by atoms with E-state index in [1.54, 1.807) is 29.2 Å². The van der Waals surface area contributed by atoms with E-state index in [1.165, 1.54) is 12.1 Å². The average Bonchev–Trinajstić information content (AvgIpc) is 2.75. The summed E-state index contributed by atoms with van der Waals surface area (Å²) in [6.45, 7) is 7.32. The van der Waals surface area contributed by atoms with Crippen LogP contribution in [-0.2, 0) is 10.0 Å². The number of likely N-dealkylation sites (tertiary alicyclic amines) is 1. The highest BCUT2D eigenvalue weighted by molar-refractivity contribution is 7.89. The van der Waals surface area contributed by atoms with Gasteiger partial charge in [-0.15, -0.1) is 0 Å². The van der Waals surface area contributed by atoms with E-state index in [1.807, 2.05) is 20.8 Å². The summed E-state index contributed by atoms with van der Waals surface area (Å²) in [6.07, 6.45) is 1.31. The van der Waals surface area contributed by atoms with Crippen LogP contribution in [0.4, 0.5) is 4.39 Å². The van der Waals surface area contributed by atoms with Crippen LogP contribution in [0.15, 0.2) is 41.3 Å². The Morgan fingerprint density at radius 2 is 1.77 bits per heavy atom. The molecule has 168 valence electrons. The Balaban J connectivity index is 1.58. The van der Waals surface area contributed by atoms with Crippen LogP contribution < -0.4 is 9.46 Å². The molecule has 1 saturated heterocycles. The molecule has 0 radical (unpaired) electrons. The standard InChI is InChI=1S/C23H29FN2O4S/c1-4-30-22-16(2)13-19(14-17(22)3)31(28,29)25-15-18-9-11-26(12-10-18)23(27)20-7-5-6-8-21(20)24/h5-8,13-14,18,25H,4,9-12,15H2,1-3H3. The van der Waals surface area contributed by atoms with Gasteiger partial charge in [-0.2, -0.15) is 0 Å². The normalized spacial score (nSPS) is 15.2. The SMILES string of the molecule is CCOc1c(C)cc(S(=O)(=O)NCC2CCN(C(=O)c3ccccc3F)CC2)cc1C. The first-order chi connectivity index (χ1) is 14.7. The molecule has 0 unspecified atom stereocenters. The second-order valence-corrected chi connectivity index (χ2v) is 9.65. The number of sulfonamides is 1.